The lowest BCUT2D eigenvalue weighted by atomic mass is 10.3. The number of thiol groups is 2. The van der Waals surface area contributed by atoms with E-state index in [1.54, 1.807) is 42.7 Å². The highest BCUT2D eigenvalue weighted by Crippen LogP contribution is 2.11. The van der Waals surface area contributed by atoms with Crippen molar-refractivity contribution in [2.45, 2.75) is 9.99 Å². The smallest absolute Gasteiger partial charge is 0.156 e. The quantitative estimate of drug-likeness (QED) is 0.603. The lowest BCUT2D eigenvalue weighted by molar-refractivity contribution is 0.475. The van der Waals surface area contributed by atoms with Gasteiger partial charge in [-0.1, -0.05) is 0 Å². The van der Waals surface area contributed by atoms with Gasteiger partial charge in [-0.2, -0.15) is 0 Å². The lowest BCUT2D eigenvalue weighted by Crippen LogP contribution is -1.62. The van der Waals surface area contributed by atoms with Gasteiger partial charge >= 0.3 is 0 Å². The van der Waals surface area contributed by atoms with Crippen LogP contribution in [0.5, 0.6) is 5.75 Å². The maximum absolute atomic E-state index is 8.72. The average Bonchev–Trinajstić information content (AvgIpc) is 2.63. The first-order valence-electron chi connectivity index (χ1n) is 3.89. The third-order valence-corrected chi connectivity index (χ3v) is 1.91. The van der Waals surface area contributed by atoms with Gasteiger partial charge in [0.1, 0.15) is 5.75 Å². The van der Waals surface area contributed by atoms with Crippen molar-refractivity contribution >= 4 is 25.3 Å². The second-order valence-electron chi connectivity index (χ2n) is 2.47. The van der Waals surface area contributed by atoms with E-state index in [1.807, 2.05) is 0 Å². The van der Waals surface area contributed by atoms with E-state index in [0.717, 1.165) is 4.90 Å². The Hall–Kier alpha value is -1.00. The Morgan fingerprint density at radius 1 is 1.00 bits per heavy atom. The van der Waals surface area contributed by atoms with Crippen molar-refractivity contribution in [3.63, 3.8) is 0 Å². The fraction of sp³-hybridized carbons (Fsp3) is 0. The summed E-state index contributed by atoms with van der Waals surface area (Å²) in [6, 6.07) is 10.2. The van der Waals surface area contributed by atoms with Crippen LogP contribution in [0.25, 0.3) is 0 Å². The van der Waals surface area contributed by atoms with Crippen LogP contribution < -0.4 is 0 Å². The van der Waals surface area contributed by atoms with E-state index in [4.69, 9.17) is 9.52 Å². The van der Waals surface area contributed by atoms with Crippen LogP contribution in [0.2, 0.25) is 0 Å². The first-order valence-corrected chi connectivity index (χ1v) is 4.78. The van der Waals surface area contributed by atoms with Gasteiger partial charge in [0.05, 0.1) is 6.26 Å². The normalized spacial score (nSPS) is 9.00. The molecule has 1 aromatic carbocycles. The fourth-order valence-corrected chi connectivity index (χ4v) is 1.02. The molecule has 1 N–H and O–H groups in total. The van der Waals surface area contributed by atoms with Gasteiger partial charge in [0.15, 0.2) is 5.09 Å². The molecule has 4 heteroatoms. The molecule has 2 nitrogen and oxygen atoms in total. The predicted octanol–water partition coefficient (Wildman–Crippen LogP) is 3.25. The van der Waals surface area contributed by atoms with E-state index in [0.29, 0.717) is 5.09 Å². The minimum Gasteiger partial charge on any atom is -0.508 e. The van der Waals surface area contributed by atoms with Crippen LogP contribution >= 0.6 is 25.3 Å². The zero-order valence-corrected chi connectivity index (χ0v) is 9.08. The van der Waals surface area contributed by atoms with Gasteiger partial charge in [0.25, 0.3) is 0 Å². The predicted molar refractivity (Wildman–Crippen MR) is 61.3 cm³/mol. The lowest BCUT2D eigenvalue weighted by Gasteiger charge is -1.88. The number of aromatic hydroxyl groups is 1. The minimum absolute atomic E-state index is 0.280. The minimum atomic E-state index is 0.280. The molecule has 0 atom stereocenters. The Kier molecular flexibility index (Phi) is 4.49. The standard InChI is InChI=1S/C6H6OS.C4H4OS/c7-5-1-3-6(8)4-2-5;6-4-2-1-3-5-4/h1-4,7-8H;1-3,6H. The number of phenolic OH excluding ortho intramolecular Hbond substituents is 1. The van der Waals surface area contributed by atoms with Crippen LogP contribution in [0.1, 0.15) is 0 Å². The Morgan fingerprint density at radius 2 is 1.64 bits per heavy atom. The van der Waals surface area contributed by atoms with E-state index < -0.39 is 0 Å². The molecule has 0 unspecified atom stereocenters. The van der Waals surface area contributed by atoms with E-state index in [9.17, 15) is 0 Å². The van der Waals surface area contributed by atoms with Crippen LogP contribution in [-0.4, -0.2) is 5.11 Å². The average molecular weight is 226 g/mol. The van der Waals surface area contributed by atoms with Crippen molar-refractivity contribution < 1.29 is 9.52 Å². The first kappa shape index (κ1) is 11.1. The molecule has 0 saturated heterocycles. The summed E-state index contributed by atoms with van der Waals surface area (Å²) in [6.07, 6.45) is 1.59. The van der Waals surface area contributed by atoms with Crippen LogP contribution in [0.3, 0.4) is 0 Å². The summed E-state index contributed by atoms with van der Waals surface area (Å²) in [6.45, 7) is 0. The van der Waals surface area contributed by atoms with Gasteiger partial charge in [-0.3, -0.25) is 0 Å². The van der Waals surface area contributed by atoms with Crippen molar-refractivity contribution in [3.8, 4) is 5.75 Å². The van der Waals surface area contributed by atoms with E-state index in [1.165, 1.54) is 0 Å². The Morgan fingerprint density at radius 3 is 1.93 bits per heavy atom. The molecule has 0 radical (unpaired) electrons. The van der Waals surface area contributed by atoms with Gasteiger partial charge in [0, 0.05) is 4.90 Å². The molecule has 0 saturated carbocycles. The van der Waals surface area contributed by atoms with Gasteiger partial charge in [0.2, 0.25) is 0 Å². The summed E-state index contributed by atoms with van der Waals surface area (Å²) in [4.78, 5) is 0.864. The van der Waals surface area contributed by atoms with Crippen molar-refractivity contribution in [2.24, 2.45) is 0 Å². The second kappa shape index (κ2) is 5.67. The third kappa shape index (κ3) is 4.30. The number of hydrogen-bond acceptors (Lipinski definition) is 4. The Bertz CT molecular complexity index is 333. The topological polar surface area (TPSA) is 33.4 Å². The van der Waals surface area contributed by atoms with E-state index in [-0.39, 0.29) is 5.75 Å². The van der Waals surface area contributed by atoms with E-state index >= 15 is 0 Å². The van der Waals surface area contributed by atoms with Crippen molar-refractivity contribution in [1.82, 2.24) is 0 Å². The fourth-order valence-electron chi connectivity index (χ4n) is 0.723. The second-order valence-corrected chi connectivity index (χ2v) is 3.42. The molecule has 1 aromatic heterocycles. The summed E-state index contributed by atoms with van der Waals surface area (Å²) in [5.74, 6) is 0.280. The monoisotopic (exact) mass is 226 g/mol. The number of rotatable bonds is 0. The molecule has 0 aliphatic rings. The van der Waals surface area contributed by atoms with Crippen LogP contribution in [0, 0.1) is 0 Å². The van der Waals surface area contributed by atoms with Crippen LogP contribution in [0.4, 0.5) is 0 Å². The van der Waals surface area contributed by atoms with Gasteiger partial charge in [-0.15, -0.1) is 25.3 Å². The summed E-state index contributed by atoms with van der Waals surface area (Å²) in [5.41, 5.74) is 0. The molecule has 0 aliphatic heterocycles. The number of hydrogen-bond donors (Lipinski definition) is 3. The highest BCUT2D eigenvalue weighted by atomic mass is 32.1. The van der Waals surface area contributed by atoms with Gasteiger partial charge in [-0.25, -0.2) is 0 Å². The third-order valence-electron chi connectivity index (χ3n) is 1.36. The van der Waals surface area contributed by atoms with Crippen LogP contribution in [0.15, 0.2) is 57.1 Å². The molecule has 14 heavy (non-hydrogen) atoms. The molecule has 0 fully saturated rings. The molecule has 2 rings (SSSR count). The maximum atomic E-state index is 8.72. The van der Waals surface area contributed by atoms with Crippen molar-refractivity contribution in [1.29, 1.82) is 0 Å². The summed E-state index contributed by atoms with van der Waals surface area (Å²) in [5, 5.41) is 9.38. The maximum Gasteiger partial charge on any atom is 0.156 e. The number of benzene rings is 1. The molecule has 1 heterocycles. The van der Waals surface area contributed by atoms with Crippen molar-refractivity contribution in [2.75, 3.05) is 0 Å². The Balaban J connectivity index is 0.000000146. The Labute approximate surface area is 93.4 Å². The summed E-state index contributed by atoms with van der Waals surface area (Å²) in [7, 11) is 0. The largest absolute Gasteiger partial charge is 0.508 e. The molecular weight excluding hydrogens is 216 g/mol. The molecule has 0 spiro atoms. The summed E-state index contributed by atoms with van der Waals surface area (Å²) < 4.78 is 4.70. The first-order chi connectivity index (χ1) is 6.68. The van der Waals surface area contributed by atoms with Crippen molar-refractivity contribution in [3.05, 3.63) is 42.7 Å². The highest BCUT2D eigenvalue weighted by Gasteiger charge is 1.82. The zero-order valence-electron chi connectivity index (χ0n) is 7.29. The van der Waals surface area contributed by atoms with E-state index in [2.05, 4.69) is 25.3 Å². The highest BCUT2D eigenvalue weighted by molar-refractivity contribution is 7.80. The molecule has 0 amide bonds. The zero-order chi connectivity index (χ0) is 10.4. The van der Waals surface area contributed by atoms with Crippen LogP contribution in [-0.2, 0) is 0 Å². The molecular formula is C10H10O2S2. The SMILES string of the molecule is Oc1ccc(S)cc1.Sc1ccco1. The van der Waals surface area contributed by atoms with Gasteiger partial charge < -0.3 is 9.52 Å². The number of phenols is 1. The van der Waals surface area contributed by atoms with Gasteiger partial charge in [-0.05, 0) is 36.4 Å². The molecule has 74 valence electrons. The number of furan rings is 1. The molecule has 2 aromatic rings. The summed E-state index contributed by atoms with van der Waals surface area (Å²) >= 11 is 7.89. The molecule has 0 aliphatic carbocycles. The molecule has 0 bridgehead atoms.